The van der Waals surface area contributed by atoms with Crippen LogP contribution in [0.15, 0.2) is 0 Å². The molecule has 0 rings (SSSR count). The van der Waals surface area contributed by atoms with Crippen LogP contribution in [0.25, 0.3) is 0 Å². The van der Waals surface area contributed by atoms with Crippen molar-refractivity contribution in [1.29, 1.82) is 0 Å². The van der Waals surface area contributed by atoms with E-state index in [1.165, 1.54) is 0 Å². The Balaban J connectivity index is -0.00000000167. The van der Waals surface area contributed by atoms with E-state index in [4.69, 9.17) is 0 Å². The summed E-state index contributed by atoms with van der Waals surface area (Å²) < 4.78 is 0. The molecule has 0 nitrogen and oxygen atoms in total. The Kier molecular flexibility index (Phi) is 1170. The number of hydrogen-bond donors (Lipinski definition) is 0. The van der Waals surface area contributed by atoms with Crippen LogP contribution in [0.1, 0.15) is 29.7 Å². The van der Waals surface area contributed by atoms with Crippen molar-refractivity contribution in [2.45, 2.75) is 29.7 Å². The van der Waals surface area contributed by atoms with Gasteiger partial charge in [0.15, 0.2) is 0 Å². The normalized spacial score (nSPS) is 1.50. The minimum absolute atomic E-state index is 0. The SMILES string of the molecule is C.C.C.C.PP.PP. The van der Waals surface area contributed by atoms with Crippen LogP contribution in [0.5, 0.6) is 0 Å². The fraction of sp³-hybridized carbons (Fsp3) is 1.00. The second kappa shape index (κ2) is 176. The van der Waals surface area contributed by atoms with Crippen LogP contribution in [-0.2, 0) is 0 Å². The van der Waals surface area contributed by atoms with Gasteiger partial charge in [-0.3, -0.25) is 0 Å². The lowest BCUT2D eigenvalue weighted by Gasteiger charge is -1.12. The van der Waals surface area contributed by atoms with Crippen LogP contribution in [0, 0.1) is 0 Å². The first-order valence-corrected chi connectivity index (χ1v) is 6.00. The van der Waals surface area contributed by atoms with Crippen molar-refractivity contribution < 1.29 is 0 Å². The predicted octanol–water partition coefficient (Wildman–Crippen LogP) is 3.85. The van der Waals surface area contributed by atoms with E-state index >= 15 is 0 Å². The summed E-state index contributed by atoms with van der Waals surface area (Å²) in [6.45, 7) is 0. The molecule has 0 aromatic rings. The van der Waals surface area contributed by atoms with Gasteiger partial charge in [-0.25, -0.2) is 0 Å². The molecule has 0 N–H and O–H groups in total. The Hall–Kier alpha value is 1.72. The number of hydrogen-bond acceptors (Lipinski definition) is 0. The molecule has 0 aliphatic heterocycles. The van der Waals surface area contributed by atoms with Crippen molar-refractivity contribution in [2.24, 2.45) is 0 Å². The molecule has 4 unspecified atom stereocenters. The maximum Gasteiger partial charge on any atom is -0.0776 e. The van der Waals surface area contributed by atoms with Crippen molar-refractivity contribution in [1.82, 2.24) is 0 Å². The Morgan fingerprint density at radius 2 is 0.375 bits per heavy atom. The monoisotopic (exact) mass is 196 g/mol. The van der Waals surface area contributed by atoms with E-state index in [-0.39, 0.29) is 29.7 Å². The molecule has 0 saturated heterocycles. The highest BCUT2D eigenvalue weighted by molar-refractivity contribution is 7.92. The van der Waals surface area contributed by atoms with Crippen LogP contribution in [0.3, 0.4) is 0 Å². The molecule has 0 fully saturated rings. The van der Waals surface area contributed by atoms with Gasteiger partial charge < -0.3 is 0 Å². The maximum atomic E-state index is 2.33. The van der Waals surface area contributed by atoms with Gasteiger partial charge in [0.25, 0.3) is 0 Å². The fourth-order valence-corrected chi connectivity index (χ4v) is 0. The highest BCUT2D eigenvalue weighted by atomic mass is 32.0. The summed E-state index contributed by atoms with van der Waals surface area (Å²) in [5, 5.41) is 0. The summed E-state index contributed by atoms with van der Waals surface area (Å²) in [6, 6.07) is 0. The quantitative estimate of drug-likeness (QED) is 0.516. The van der Waals surface area contributed by atoms with Crippen LogP contribution in [-0.4, -0.2) is 0 Å². The van der Waals surface area contributed by atoms with E-state index in [2.05, 4.69) is 35.7 Å². The molecule has 0 aromatic heterocycles. The molecule has 0 amide bonds. The van der Waals surface area contributed by atoms with Gasteiger partial charge in [-0.15, -0.1) is 35.7 Å². The summed E-state index contributed by atoms with van der Waals surface area (Å²) in [7, 11) is 9.33. The zero-order valence-corrected chi connectivity index (χ0v) is 6.93. The molecule has 4 atom stereocenters. The first-order chi connectivity index (χ1) is 2.00. The molecule has 0 aromatic carbocycles. The molecule has 8 heavy (non-hydrogen) atoms. The van der Waals surface area contributed by atoms with Crippen molar-refractivity contribution in [3.63, 3.8) is 0 Å². The first kappa shape index (κ1) is 53.4. The van der Waals surface area contributed by atoms with E-state index in [1.54, 1.807) is 0 Å². The predicted molar refractivity (Wildman–Crippen MR) is 65.8 cm³/mol. The molecule has 0 spiro atoms. The molecule has 0 heterocycles. The van der Waals surface area contributed by atoms with Crippen LogP contribution in [0.2, 0.25) is 0 Å². The van der Waals surface area contributed by atoms with Crippen LogP contribution in [0.4, 0.5) is 0 Å². The molecule has 0 aliphatic carbocycles. The lowest BCUT2D eigenvalue weighted by atomic mass is 12.0. The summed E-state index contributed by atoms with van der Waals surface area (Å²) in [5.74, 6) is 0. The van der Waals surface area contributed by atoms with Crippen molar-refractivity contribution in [3.05, 3.63) is 0 Å². The zero-order chi connectivity index (χ0) is 4.00. The minimum atomic E-state index is 0. The van der Waals surface area contributed by atoms with Crippen molar-refractivity contribution in [2.75, 3.05) is 0 Å². The van der Waals surface area contributed by atoms with E-state index in [0.717, 1.165) is 0 Å². The third kappa shape index (κ3) is 118. The summed E-state index contributed by atoms with van der Waals surface area (Å²) in [5.41, 5.74) is 0. The van der Waals surface area contributed by atoms with Gasteiger partial charge in [-0.1, -0.05) is 29.7 Å². The van der Waals surface area contributed by atoms with Gasteiger partial charge in [-0.2, -0.15) is 0 Å². The number of rotatable bonds is 0. The zero-order valence-electron chi connectivity index (χ0n) is 2.31. The van der Waals surface area contributed by atoms with Crippen LogP contribution < -0.4 is 0 Å². The average Bonchev–Trinajstić information content (AvgIpc) is 1.50. The fourth-order valence-electron chi connectivity index (χ4n) is 0. The topological polar surface area (TPSA) is 0 Å². The minimum Gasteiger partial charge on any atom is -0.118 e. The van der Waals surface area contributed by atoms with E-state index in [9.17, 15) is 0 Å². The molecule has 0 saturated carbocycles. The molecular formula is C4H24P4. The Morgan fingerprint density at radius 3 is 0.375 bits per heavy atom. The Bertz CT molecular complexity index is 8.00. The highest BCUT2D eigenvalue weighted by Gasteiger charge is 0.884. The van der Waals surface area contributed by atoms with E-state index < -0.39 is 0 Å². The summed E-state index contributed by atoms with van der Waals surface area (Å²) >= 11 is 0. The lowest BCUT2D eigenvalue weighted by molar-refractivity contribution is 2.50. The molecule has 0 bridgehead atoms. The molecule has 60 valence electrons. The standard InChI is InChI=1S/4CH4.2H4P2/c;;;;2*1-2/h4*1H4;2*1-2H2. The maximum absolute atomic E-state index is 2.33. The summed E-state index contributed by atoms with van der Waals surface area (Å²) in [4.78, 5) is 0. The van der Waals surface area contributed by atoms with Crippen molar-refractivity contribution in [3.8, 4) is 0 Å². The van der Waals surface area contributed by atoms with Gasteiger partial charge in [0.1, 0.15) is 0 Å². The van der Waals surface area contributed by atoms with Gasteiger partial charge in [0.05, 0.1) is 0 Å². The molecule has 0 aliphatic rings. The molecule has 4 heteroatoms. The van der Waals surface area contributed by atoms with Gasteiger partial charge in [0, 0.05) is 0 Å². The highest BCUT2D eigenvalue weighted by Crippen LogP contribution is 1.86. The van der Waals surface area contributed by atoms with Gasteiger partial charge in [-0.05, 0) is 0 Å². The van der Waals surface area contributed by atoms with Gasteiger partial charge in [0.2, 0.25) is 0 Å². The van der Waals surface area contributed by atoms with Crippen LogP contribution >= 0.6 is 35.7 Å². The average molecular weight is 196 g/mol. The molecule has 0 radical (unpaired) electrons. The third-order valence-corrected chi connectivity index (χ3v) is 0. The molecular weight excluding hydrogens is 172 g/mol. The second-order valence-electron chi connectivity index (χ2n) is 0. The second-order valence-corrected chi connectivity index (χ2v) is 0. The summed E-state index contributed by atoms with van der Waals surface area (Å²) in [6.07, 6.45) is 0. The smallest absolute Gasteiger partial charge is 0.0776 e. The van der Waals surface area contributed by atoms with E-state index in [0.29, 0.717) is 0 Å². The lowest BCUT2D eigenvalue weighted by Crippen LogP contribution is -0.139. The Morgan fingerprint density at radius 1 is 0.375 bits per heavy atom. The third-order valence-electron chi connectivity index (χ3n) is 0. The van der Waals surface area contributed by atoms with E-state index in [1.807, 2.05) is 0 Å². The Labute approximate surface area is 66.0 Å². The first-order valence-electron chi connectivity index (χ1n) is 0.667. The van der Waals surface area contributed by atoms with Gasteiger partial charge >= 0.3 is 0 Å². The van der Waals surface area contributed by atoms with Crippen molar-refractivity contribution >= 4 is 35.7 Å². The largest absolute Gasteiger partial charge is 0.118 e.